The van der Waals surface area contributed by atoms with E-state index in [0.29, 0.717) is 19.8 Å². The zero-order valence-corrected chi connectivity index (χ0v) is 13.2. The van der Waals surface area contributed by atoms with Crippen molar-refractivity contribution in [3.05, 3.63) is 71.3 Å². The molecule has 124 valence electrons. The molecule has 0 radical (unpaired) electrons. The Kier molecular flexibility index (Phi) is 3.96. The molecule has 1 N–H and O–H groups in total. The summed E-state index contributed by atoms with van der Waals surface area (Å²) in [7, 11) is 0. The molecule has 2 aromatic rings. The summed E-state index contributed by atoms with van der Waals surface area (Å²) in [6, 6.07) is 17.8. The van der Waals surface area contributed by atoms with Crippen LogP contribution in [0.5, 0.6) is 0 Å². The van der Waals surface area contributed by atoms with E-state index in [-0.39, 0.29) is 12.0 Å². The van der Waals surface area contributed by atoms with E-state index < -0.39 is 12.3 Å². The lowest BCUT2D eigenvalue weighted by molar-refractivity contribution is -0.0535. The molecule has 1 amide bonds. The zero-order valence-electron chi connectivity index (χ0n) is 13.2. The second-order valence-electron chi connectivity index (χ2n) is 6.20. The van der Waals surface area contributed by atoms with Crippen LogP contribution in [0.25, 0.3) is 0 Å². The fraction of sp³-hybridized carbons (Fsp3) is 0.316. The first-order valence-corrected chi connectivity index (χ1v) is 8.08. The molecule has 5 heteroatoms. The quantitative estimate of drug-likeness (QED) is 0.941. The predicted octanol–water partition coefficient (Wildman–Crippen LogP) is 3.21. The van der Waals surface area contributed by atoms with E-state index >= 15 is 0 Å². The van der Waals surface area contributed by atoms with Crippen LogP contribution in [0.2, 0.25) is 0 Å². The van der Waals surface area contributed by atoms with Gasteiger partial charge in [0.1, 0.15) is 6.23 Å². The minimum Gasteiger partial charge on any atom is -0.465 e. The van der Waals surface area contributed by atoms with Gasteiger partial charge in [-0.2, -0.15) is 0 Å². The van der Waals surface area contributed by atoms with Gasteiger partial charge in [0.25, 0.3) is 0 Å². The van der Waals surface area contributed by atoms with Crippen molar-refractivity contribution in [1.29, 1.82) is 0 Å². The first-order chi connectivity index (χ1) is 11.7. The second-order valence-corrected chi connectivity index (χ2v) is 6.20. The maximum absolute atomic E-state index is 11.7. The van der Waals surface area contributed by atoms with E-state index in [0.717, 1.165) is 16.7 Å². The third kappa shape index (κ3) is 2.66. The molecule has 0 spiro atoms. The highest BCUT2D eigenvalue weighted by molar-refractivity contribution is 5.66. The van der Waals surface area contributed by atoms with Crippen molar-refractivity contribution < 1.29 is 19.4 Å². The number of amides is 1. The number of hydrogen-bond donors (Lipinski definition) is 1. The van der Waals surface area contributed by atoms with Gasteiger partial charge in [-0.05, 0) is 16.7 Å². The molecule has 2 aliphatic rings. The number of carbonyl (C=O) groups is 1. The third-order valence-electron chi connectivity index (χ3n) is 4.77. The molecule has 0 bridgehead atoms. The Bertz CT molecular complexity index is 733. The topological polar surface area (TPSA) is 59.0 Å². The summed E-state index contributed by atoms with van der Waals surface area (Å²) in [6.45, 7) is 1.24. The van der Waals surface area contributed by atoms with E-state index in [2.05, 4.69) is 6.07 Å². The van der Waals surface area contributed by atoms with Crippen LogP contribution in [-0.2, 0) is 22.7 Å². The molecular formula is C19H19NO4. The van der Waals surface area contributed by atoms with Crippen molar-refractivity contribution >= 4 is 6.09 Å². The van der Waals surface area contributed by atoms with Crippen LogP contribution in [0.15, 0.2) is 54.6 Å². The lowest BCUT2D eigenvalue weighted by atomic mass is 9.88. The molecule has 4 rings (SSSR count). The Morgan fingerprint density at radius 3 is 2.71 bits per heavy atom. The Labute approximate surface area is 140 Å². The summed E-state index contributed by atoms with van der Waals surface area (Å²) in [6.07, 6.45) is -1.66. The van der Waals surface area contributed by atoms with Gasteiger partial charge >= 0.3 is 6.09 Å². The average molecular weight is 325 g/mol. The van der Waals surface area contributed by atoms with Crippen LogP contribution in [0.4, 0.5) is 4.79 Å². The van der Waals surface area contributed by atoms with Gasteiger partial charge < -0.3 is 14.6 Å². The van der Waals surface area contributed by atoms with Crippen molar-refractivity contribution in [2.75, 3.05) is 6.54 Å². The van der Waals surface area contributed by atoms with Gasteiger partial charge in [0.05, 0.1) is 31.8 Å². The molecule has 2 aliphatic heterocycles. The lowest BCUT2D eigenvalue weighted by Crippen LogP contribution is -2.38. The monoisotopic (exact) mass is 325 g/mol. The highest BCUT2D eigenvalue weighted by Gasteiger charge is 2.48. The van der Waals surface area contributed by atoms with Gasteiger partial charge in [-0.3, -0.25) is 4.90 Å². The minimum absolute atomic E-state index is 0.0882. The van der Waals surface area contributed by atoms with Crippen LogP contribution in [0.1, 0.15) is 22.6 Å². The normalized spacial score (nSPS) is 25.2. The van der Waals surface area contributed by atoms with Crippen LogP contribution in [-0.4, -0.2) is 35.0 Å². The zero-order chi connectivity index (χ0) is 16.5. The summed E-state index contributed by atoms with van der Waals surface area (Å²) in [5, 5.41) is 9.57. The number of carboxylic acid groups (broad SMARTS) is 1. The van der Waals surface area contributed by atoms with Crippen LogP contribution in [0, 0.1) is 0 Å². The molecule has 2 heterocycles. The SMILES string of the molecule is O=C(O)N1CC2OCc3ccccc3C2C1OCc1ccccc1. The number of hydrogen-bond acceptors (Lipinski definition) is 3. The minimum atomic E-state index is -0.969. The van der Waals surface area contributed by atoms with E-state index in [9.17, 15) is 9.90 Å². The summed E-state index contributed by atoms with van der Waals surface area (Å²) in [4.78, 5) is 13.0. The standard InChI is InChI=1S/C19H19NO4/c21-19(22)20-10-16-17(15-9-5-4-8-14(15)12-23-16)18(20)24-11-13-6-2-1-3-7-13/h1-9,16-18H,10-12H2,(H,21,22). The molecule has 2 aromatic carbocycles. The van der Waals surface area contributed by atoms with Crippen molar-refractivity contribution in [2.45, 2.75) is 31.5 Å². The highest BCUT2D eigenvalue weighted by atomic mass is 16.5. The molecule has 24 heavy (non-hydrogen) atoms. The molecule has 0 saturated carbocycles. The summed E-state index contributed by atoms with van der Waals surface area (Å²) >= 11 is 0. The van der Waals surface area contributed by atoms with Crippen LogP contribution < -0.4 is 0 Å². The van der Waals surface area contributed by atoms with Gasteiger partial charge in [0, 0.05) is 0 Å². The van der Waals surface area contributed by atoms with Crippen molar-refractivity contribution in [1.82, 2.24) is 4.90 Å². The molecule has 1 saturated heterocycles. The number of rotatable bonds is 3. The van der Waals surface area contributed by atoms with Crippen LogP contribution in [0.3, 0.4) is 0 Å². The third-order valence-corrected chi connectivity index (χ3v) is 4.77. The average Bonchev–Trinajstić information content (AvgIpc) is 3.00. The first kappa shape index (κ1) is 15.2. The Balaban J connectivity index is 1.62. The van der Waals surface area contributed by atoms with Gasteiger partial charge in [0.15, 0.2) is 0 Å². The maximum Gasteiger partial charge on any atom is 0.409 e. The Morgan fingerprint density at radius 2 is 1.92 bits per heavy atom. The molecular weight excluding hydrogens is 306 g/mol. The first-order valence-electron chi connectivity index (χ1n) is 8.08. The summed E-state index contributed by atoms with van der Waals surface area (Å²) in [5.74, 6) is -0.0882. The van der Waals surface area contributed by atoms with Gasteiger partial charge in [-0.15, -0.1) is 0 Å². The van der Waals surface area contributed by atoms with Gasteiger partial charge in [-0.25, -0.2) is 4.79 Å². The van der Waals surface area contributed by atoms with E-state index in [1.54, 1.807) is 0 Å². The summed E-state index contributed by atoms with van der Waals surface area (Å²) in [5.41, 5.74) is 3.27. The van der Waals surface area contributed by atoms with Gasteiger partial charge in [0.2, 0.25) is 0 Å². The molecule has 0 aliphatic carbocycles. The molecule has 3 atom stereocenters. The van der Waals surface area contributed by atoms with E-state index in [4.69, 9.17) is 9.47 Å². The number of nitrogens with zero attached hydrogens (tertiary/aromatic N) is 1. The number of ether oxygens (including phenoxy) is 2. The highest BCUT2D eigenvalue weighted by Crippen LogP contribution is 2.41. The number of likely N-dealkylation sites (tertiary alicyclic amines) is 1. The second kappa shape index (κ2) is 6.26. The van der Waals surface area contributed by atoms with Crippen molar-refractivity contribution in [3.63, 3.8) is 0 Å². The molecule has 0 aromatic heterocycles. The van der Waals surface area contributed by atoms with E-state index in [1.165, 1.54) is 4.90 Å². The molecule has 1 fully saturated rings. The largest absolute Gasteiger partial charge is 0.465 e. The maximum atomic E-state index is 11.7. The van der Waals surface area contributed by atoms with Crippen molar-refractivity contribution in [3.8, 4) is 0 Å². The van der Waals surface area contributed by atoms with Crippen molar-refractivity contribution in [2.24, 2.45) is 0 Å². The predicted molar refractivity (Wildman–Crippen MR) is 87.5 cm³/mol. The molecule has 3 unspecified atom stereocenters. The van der Waals surface area contributed by atoms with Gasteiger partial charge in [-0.1, -0.05) is 54.6 Å². The Morgan fingerprint density at radius 1 is 1.17 bits per heavy atom. The fourth-order valence-electron chi connectivity index (χ4n) is 3.62. The Hall–Kier alpha value is -2.37. The van der Waals surface area contributed by atoms with Crippen LogP contribution >= 0.6 is 0 Å². The lowest BCUT2D eigenvalue weighted by Gasteiger charge is -2.31. The number of benzene rings is 2. The smallest absolute Gasteiger partial charge is 0.409 e. The molecule has 5 nitrogen and oxygen atoms in total. The van der Waals surface area contributed by atoms with E-state index in [1.807, 2.05) is 48.5 Å². The fourth-order valence-corrected chi connectivity index (χ4v) is 3.62. The number of fused-ring (bicyclic) bond motifs is 3. The summed E-state index contributed by atoms with van der Waals surface area (Å²) < 4.78 is 12.0.